The van der Waals surface area contributed by atoms with Crippen LogP contribution in [0.25, 0.3) is 0 Å². The van der Waals surface area contributed by atoms with Crippen molar-refractivity contribution >= 4 is 22.9 Å². The molecule has 1 atom stereocenters. The molecule has 1 aliphatic heterocycles. The molecule has 0 aliphatic carbocycles. The minimum atomic E-state index is -0.148. The van der Waals surface area contributed by atoms with Crippen LogP contribution in [0, 0.1) is 6.92 Å². The van der Waals surface area contributed by atoms with Gasteiger partial charge in [0, 0.05) is 48.5 Å². The Labute approximate surface area is 145 Å². The Morgan fingerprint density at radius 1 is 1.42 bits per heavy atom. The summed E-state index contributed by atoms with van der Waals surface area (Å²) in [6.07, 6.45) is 3.55. The van der Waals surface area contributed by atoms with Gasteiger partial charge in [-0.05, 0) is 19.1 Å². The molecule has 2 aromatic heterocycles. The lowest BCUT2D eigenvalue weighted by molar-refractivity contribution is 0.0946. The minimum Gasteiger partial charge on any atom is -0.378 e. The van der Waals surface area contributed by atoms with Crippen LogP contribution in [0.15, 0.2) is 24.5 Å². The van der Waals surface area contributed by atoms with Crippen molar-refractivity contribution in [3.05, 3.63) is 40.1 Å². The van der Waals surface area contributed by atoms with Crippen LogP contribution in [0.2, 0.25) is 0 Å². The van der Waals surface area contributed by atoms with Gasteiger partial charge in [-0.1, -0.05) is 6.92 Å². The number of nitrogens with one attached hydrogen (secondary N) is 1. The van der Waals surface area contributed by atoms with Crippen LogP contribution in [-0.2, 0) is 4.74 Å². The fourth-order valence-corrected chi connectivity index (χ4v) is 3.41. The summed E-state index contributed by atoms with van der Waals surface area (Å²) in [5.74, 6) is 0.0420. The van der Waals surface area contributed by atoms with Gasteiger partial charge in [-0.25, -0.2) is 4.98 Å². The van der Waals surface area contributed by atoms with Gasteiger partial charge in [-0.15, -0.1) is 11.3 Å². The van der Waals surface area contributed by atoms with Crippen molar-refractivity contribution in [2.45, 2.75) is 19.8 Å². The number of pyridine rings is 1. The molecule has 24 heavy (non-hydrogen) atoms. The normalized spacial score (nSPS) is 16.0. The number of carbonyl (C=O) groups is 1. The van der Waals surface area contributed by atoms with E-state index in [0.29, 0.717) is 25.5 Å². The maximum atomic E-state index is 12.4. The summed E-state index contributed by atoms with van der Waals surface area (Å²) < 4.78 is 5.37. The summed E-state index contributed by atoms with van der Waals surface area (Å²) in [5, 5.41) is 4.00. The second-order valence-corrected chi connectivity index (χ2v) is 7.19. The van der Waals surface area contributed by atoms with Gasteiger partial charge in [0.2, 0.25) is 0 Å². The lowest BCUT2D eigenvalue weighted by Gasteiger charge is -2.28. The molecule has 3 heterocycles. The predicted molar refractivity (Wildman–Crippen MR) is 94.9 cm³/mol. The molecule has 0 bridgehead atoms. The van der Waals surface area contributed by atoms with Crippen LogP contribution in [-0.4, -0.2) is 48.7 Å². The smallest absolute Gasteiger partial charge is 0.269 e. The average molecular weight is 346 g/mol. The van der Waals surface area contributed by atoms with Crippen LogP contribution in [0.5, 0.6) is 0 Å². The highest BCUT2D eigenvalue weighted by Gasteiger charge is 2.16. The molecule has 128 valence electrons. The first-order valence-electron chi connectivity index (χ1n) is 8.13. The molecule has 7 heteroatoms. The standard InChI is InChI=1S/C17H22N4O2S/c1-12(17-20-11-13(2)24-17)10-19-16(22)15-9-14(3-4-18-15)21-5-7-23-8-6-21/h3-4,9,11-12H,5-8,10H2,1-2H3,(H,19,22)/t12-/m0/s1. The maximum absolute atomic E-state index is 12.4. The monoisotopic (exact) mass is 346 g/mol. The lowest BCUT2D eigenvalue weighted by atomic mass is 10.2. The summed E-state index contributed by atoms with van der Waals surface area (Å²) in [4.78, 5) is 24.4. The molecule has 1 aliphatic rings. The number of anilines is 1. The molecule has 1 saturated heterocycles. The zero-order valence-corrected chi connectivity index (χ0v) is 14.8. The Kier molecular flexibility index (Phi) is 5.42. The highest BCUT2D eigenvalue weighted by Crippen LogP contribution is 2.20. The summed E-state index contributed by atoms with van der Waals surface area (Å²) in [5.41, 5.74) is 1.46. The SMILES string of the molecule is Cc1cnc([C@@H](C)CNC(=O)c2cc(N3CCOCC3)ccn2)s1. The fourth-order valence-electron chi connectivity index (χ4n) is 2.59. The third-order valence-corrected chi connectivity index (χ3v) is 5.13. The van der Waals surface area contributed by atoms with Gasteiger partial charge in [0.15, 0.2) is 0 Å². The van der Waals surface area contributed by atoms with E-state index in [2.05, 4.69) is 27.1 Å². The molecular formula is C17H22N4O2S. The molecule has 0 saturated carbocycles. The fraction of sp³-hybridized carbons (Fsp3) is 0.471. The van der Waals surface area contributed by atoms with E-state index < -0.39 is 0 Å². The number of hydrogen-bond acceptors (Lipinski definition) is 6. The number of aromatic nitrogens is 2. The summed E-state index contributed by atoms with van der Waals surface area (Å²) >= 11 is 1.67. The summed E-state index contributed by atoms with van der Waals surface area (Å²) in [6, 6.07) is 3.78. The van der Waals surface area contributed by atoms with Crippen molar-refractivity contribution < 1.29 is 9.53 Å². The Hall–Kier alpha value is -1.99. The molecule has 0 unspecified atom stereocenters. The third kappa shape index (κ3) is 4.10. The largest absolute Gasteiger partial charge is 0.378 e. The molecule has 6 nitrogen and oxygen atoms in total. The van der Waals surface area contributed by atoms with E-state index in [-0.39, 0.29) is 11.8 Å². The number of morpholine rings is 1. The Morgan fingerprint density at radius 3 is 2.92 bits per heavy atom. The molecular weight excluding hydrogens is 324 g/mol. The first-order chi connectivity index (χ1) is 11.6. The van der Waals surface area contributed by atoms with Gasteiger partial charge in [0.05, 0.1) is 18.2 Å². The highest BCUT2D eigenvalue weighted by molar-refractivity contribution is 7.11. The second-order valence-electron chi connectivity index (χ2n) is 5.92. The third-order valence-electron chi connectivity index (χ3n) is 3.98. The molecule has 1 fully saturated rings. The van der Waals surface area contributed by atoms with E-state index in [1.165, 1.54) is 4.88 Å². The quantitative estimate of drug-likeness (QED) is 0.899. The molecule has 1 amide bonds. The molecule has 0 radical (unpaired) electrons. The van der Waals surface area contributed by atoms with E-state index >= 15 is 0 Å². The number of aryl methyl sites for hydroxylation is 1. The van der Waals surface area contributed by atoms with Crippen LogP contribution < -0.4 is 10.2 Å². The van der Waals surface area contributed by atoms with Crippen molar-refractivity contribution in [1.82, 2.24) is 15.3 Å². The molecule has 0 spiro atoms. The minimum absolute atomic E-state index is 0.148. The van der Waals surface area contributed by atoms with E-state index in [9.17, 15) is 4.79 Å². The van der Waals surface area contributed by atoms with Crippen LogP contribution >= 0.6 is 11.3 Å². The number of rotatable bonds is 5. The molecule has 3 rings (SSSR count). The van der Waals surface area contributed by atoms with Crippen LogP contribution in [0.1, 0.15) is 33.2 Å². The molecule has 1 N–H and O–H groups in total. The van der Waals surface area contributed by atoms with Gasteiger partial charge >= 0.3 is 0 Å². The number of nitrogens with zero attached hydrogens (tertiary/aromatic N) is 3. The number of thiazole rings is 1. The summed E-state index contributed by atoms with van der Waals surface area (Å²) in [6.45, 7) is 7.76. The van der Waals surface area contributed by atoms with Gasteiger partial charge in [-0.3, -0.25) is 9.78 Å². The van der Waals surface area contributed by atoms with Gasteiger partial charge in [0.1, 0.15) is 5.69 Å². The number of hydrogen-bond donors (Lipinski definition) is 1. The predicted octanol–water partition coefficient (Wildman–Crippen LogP) is 2.22. The van der Waals surface area contributed by atoms with Crippen molar-refractivity contribution in [2.75, 3.05) is 37.7 Å². The van der Waals surface area contributed by atoms with E-state index in [0.717, 1.165) is 23.8 Å². The van der Waals surface area contributed by atoms with Crippen LogP contribution in [0.3, 0.4) is 0 Å². The first kappa shape index (κ1) is 16.9. The average Bonchev–Trinajstić information content (AvgIpc) is 3.07. The zero-order chi connectivity index (χ0) is 16.9. The van der Waals surface area contributed by atoms with E-state index in [1.54, 1.807) is 17.5 Å². The topological polar surface area (TPSA) is 67.4 Å². The first-order valence-corrected chi connectivity index (χ1v) is 8.94. The highest BCUT2D eigenvalue weighted by atomic mass is 32.1. The van der Waals surface area contributed by atoms with E-state index in [1.807, 2.05) is 25.3 Å². The van der Waals surface area contributed by atoms with Gasteiger partial charge in [-0.2, -0.15) is 0 Å². The maximum Gasteiger partial charge on any atom is 0.269 e. The Morgan fingerprint density at radius 2 is 2.21 bits per heavy atom. The molecule has 0 aromatic carbocycles. The summed E-state index contributed by atoms with van der Waals surface area (Å²) in [7, 11) is 0. The van der Waals surface area contributed by atoms with Crippen molar-refractivity contribution in [2.24, 2.45) is 0 Å². The van der Waals surface area contributed by atoms with Gasteiger partial charge in [0.25, 0.3) is 5.91 Å². The Balaban J connectivity index is 1.60. The molecule has 2 aromatic rings. The zero-order valence-electron chi connectivity index (χ0n) is 14.0. The number of amides is 1. The Bertz CT molecular complexity index is 697. The lowest BCUT2D eigenvalue weighted by Crippen LogP contribution is -2.36. The number of ether oxygens (including phenoxy) is 1. The van der Waals surface area contributed by atoms with E-state index in [4.69, 9.17) is 4.74 Å². The number of carbonyl (C=O) groups excluding carboxylic acids is 1. The van der Waals surface area contributed by atoms with Gasteiger partial charge < -0.3 is 15.0 Å². The van der Waals surface area contributed by atoms with Crippen molar-refractivity contribution in [3.8, 4) is 0 Å². The van der Waals surface area contributed by atoms with Crippen LogP contribution in [0.4, 0.5) is 5.69 Å². The second kappa shape index (κ2) is 7.72. The van der Waals surface area contributed by atoms with Crippen molar-refractivity contribution in [1.29, 1.82) is 0 Å². The van der Waals surface area contributed by atoms with Crippen molar-refractivity contribution in [3.63, 3.8) is 0 Å².